The van der Waals surface area contributed by atoms with Gasteiger partial charge in [-0.2, -0.15) is 8.78 Å². The molecule has 4 nitrogen and oxygen atoms in total. The van der Waals surface area contributed by atoms with Crippen molar-refractivity contribution in [3.05, 3.63) is 54.1 Å². The van der Waals surface area contributed by atoms with E-state index in [0.29, 0.717) is 17.7 Å². The number of hydrogen-bond donors (Lipinski definition) is 0. The molecular weight excluding hydrogens is 373 g/mol. The van der Waals surface area contributed by atoms with Crippen molar-refractivity contribution in [2.75, 3.05) is 4.90 Å². The summed E-state index contributed by atoms with van der Waals surface area (Å²) in [6.45, 7) is -2.97. The van der Waals surface area contributed by atoms with Gasteiger partial charge >= 0.3 is 13.0 Å². The first kappa shape index (κ1) is 18.9. The van der Waals surface area contributed by atoms with E-state index in [9.17, 15) is 26.7 Å². The van der Waals surface area contributed by atoms with Gasteiger partial charge in [-0.15, -0.1) is 13.2 Å². The third kappa shape index (κ3) is 4.66. The summed E-state index contributed by atoms with van der Waals surface area (Å²) >= 11 is 0. The summed E-state index contributed by atoms with van der Waals surface area (Å²) in [7, 11) is 0. The molecule has 3 rings (SSSR count). The van der Waals surface area contributed by atoms with Gasteiger partial charge in [0.1, 0.15) is 11.5 Å². The maximum Gasteiger partial charge on any atom is 0.573 e. The van der Waals surface area contributed by atoms with Crippen LogP contribution in [0.3, 0.4) is 0 Å². The van der Waals surface area contributed by atoms with Gasteiger partial charge in [0, 0.05) is 12.1 Å². The highest BCUT2D eigenvalue weighted by Crippen LogP contribution is 2.38. The van der Waals surface area contributed by atoms with E-state index in [1.807, 2.05) is 0 Å². The van der Waals surface area contributed by atoms with Crippen LogP contribution in [0.5, 0.6) is 11.5 Å². The lowest BCUT2D eigenvalue weighted by atomic mass is 10.0. The molecule has 0 bridgehead atoms. The summed E-state index contributed by atoms with van der Waals surface area (Å²) in [5.41, 5.74) is 0.979. The number of carbonyl (C=O) groups excluding carboxylic acids is 1. The van der Waals surface area contributed by atoms with Gasteiger partial charge in [0.25, 0.3) is 0 Å². The number of nitrogens with zero attached hydrogens (tertiary/aromatic N) is 1. The average molecular weight is 387 g/mol. The van der Waals surface area contributed by atoms with E-state index in [1.54, 1.807) is 6.07 Å². The molecule has 1 amide bonds. The second-order valence-corrected chi connectivity index (χ2v) is 5.81. The van der Waals surface area contributed by atoms with Gasteiger partial charge in [-0.1, -0.05) is 12.1 Å². The fraction of sp³-hybridized carbons (Fsp3) is 0.278. The molecule has 1 atom stereocenters. The topological polar surface area (TPSA) is 38.8 Å². The summed E-state index contributed by atoms with van der Waals surface area (Å²) in [6.07, 6.45) is -4.14. The van der Waals surface area contributed by atoms with Crippen LogP contribution in [0.25, 0.3) is 0 Å². The Morgan fingerprint density at radius 1 is 1.04 bits per heavy atom. The molecule has 1 aliphatic rings. The van der Waals surface area contributed by atoms with E-state index in [2.05, 4.69) is 9.47 Å². The molecule has 1 fully saturated rings. The zero-order valence-electron chi connectivity index (χ0n) is 13.7. The normalized spacial score (nSPS) is 17.5. The van der Waals surface area contributed by atoms with E-state index in [1.165, 1.54) is 35.2 Å². The maximum absolute atomic E-state index is 12.4. The molecule has 0 aliphatic carbocycles. The van der Waals surface area contributed by atoms with Crippen LogP contribution in [0.15, 0.2) is 48.5 Å². The Kier molecular flexibility index (Phi) is 5.20. The molecule has 0 aromatic heterocycles. The molecule has 9 heteroatoms. The number of ether oxygens (including phenoxy) is 2. The molecule has 1 aliphatic heterocycles. The second kappa shape index (κ2) is 7.42. The van der Waals surface area contributed by atoms with Crippen molar-refractivity contribution < 1.29 is 36.2 Å². The lowest BCUT2D eigenvalue weighted by Crippen LogP contribution is -2.27. The van der Waals surface area contributed by atoms with Gasteiger partial charge in [0.15, 0.2) is 0 Å². The highest BCUT2D eigenvalue weighted by atomic mass is 19.4. The summed E-state index contributed by atoms with van der Waals surface area (Å²) < 4.78 is 69.8. The minimum absolute atomic E-state index is 0.0317. The number of alkyl halides is 5. The van der Waals surface area contributed by atoms with Gasteiger partial charge in [0.05, 0.1) is 6.04 Å². The number of halogens is 5. The minimum Gasteiger partial charge on any atom is -0.435 e. The third-order valence-electron chi connectivity index (χ3n) is 4.03. The molecule has 0 radical (unpaired) electrons. The number of carbonyl (C=O) groups is 1. The molecule has 0 unspecified atom stereocenters. The summed E-state index contributed by atoms with van der Waals surface area (Å²) in [4.78, 5) is 13.7. The molecule has 0 spiro atoms. The molecule has 1 heterocycles. The van der Waals surface area contributed by atoms with Crippen molar-refractivity contribution in [2.45, 2.75) is 31.9 Å². The zero-order valence-corrected chi connectivity index (χ0v) is 13.7. The fourth-order valence-electron chi connectivity index (χ4n) is 3.03. The monoisotopic (exact) mass is 387 g/mol. The van der Waals surface area contributed by atoms with Gasteiger partial charge in [0.2, 0.25) is 5.91 Å². The van der Waals surface area contributed by atoms with Crippen LogP contribution in [-0.2, 0) is 4.79 Å². The molecular formula is C18H14F5NO3. The van der Waals surface area contributed by atoms with Crippen LogP contribution in [0, 0.1) is 0 Å². The Hall–Kier alpha value is -2.84. The predicted molar refractivity (Wildman–Crippen MR) is 85.7 cm³/mol. The minimum atomic E-state index is -4.81. The van der Waals surface area contributed by atoms with Gasteiger partial charge < -0.3 is 14.4 Å². The largest absolute Gasteiger partial charge is 0.573 e. The van der Waals surface area contributed by atoms with Crippen LogP contribution < -0.4 is 14.4 Å². The van der Waals surface area contributed by atoms with Crippen LogP contribution in [-0.4, -0.2) is 18.9 Å². The van der Waals surface area contributed by atoms with Gasteiger partial charge in [-0.05, 0) is 48.4 Å². The lowest BCUT2D eigenvalue weighted by Gasteiger charge is -2.26. The first-order valence-electron chi connectivity index (χ1n) is 7.95. The Balaban J connectivity index is 1.84. The van der Waals surface area contributed by atoms with Crippen LogP contribution >= 0.6 is 0 Å². The van der Waals surface area contributed by atoms with E-state index in [-0.39, 0.29) is 18.1 Å². The predicted octanol–water partition coefficient (Wildman–Crippen LogP) is 5.05. The number of rotatable bonds is 5. The smallest absolute Gasteiger partial charge is 0.435 e. The highest BCUT2D eigenvalue weighted by molar-refractivity contribution is 5.96. The van der Waals surface area contributed by atoms with E-state index >= 15 is 0 Å². The van der Waals surface area contributed by atoms with Crippen molar-refractivity contribution in [3.63, 3.8) is 0 Å². The molecule has 27 heavy (non-hydrogen) atoms. The molecule has 144 valence electrons. The number of hydrogen-bond acceptors (Lipinski definition) is 3. The van der Waals surface area contributed by atoms with Gasteiger partial charge in [-0.25, -0.2) is 0 Å². The number of amides is 1. The zero-order chi connectivity index (χ0) is 19.6. The van der Waals surface area contributed by atoms with Crippen LogP contribution in [0.1, 0.15) is 24.4 Å². The third-order valence-corrected chi connectivity index (χ3v) is 4.03. The van der Waals surface area contributed by atoms with E-state index in [0.717, 1.165) is 12.1 Å². The lowest BCUT2D eigenvalue weighted by molar-refractivity contribution is -0.274. The van der Waals surface area contributed by atoms with Crippen LogP contribution in [0.4, 0.5) is 27.6 Å². The molecule has 1 saturated heterocycles. The van der Waals surface area contributed by atoms with Crippen molar-refractivity contribution in [2.24, 2.45) is 0 Å². The second-order valence-electron chi connectivity index (χ2n) is 5.81. The Labute approximate surface area is 151 Å². The molecule has 2 aromatic rings. The van der Waals surface area contributed by atoms with Crippen molar-refractivity contribution in [1.29, 1.82) is 0 Å². The Morgan fingerprint density at radius 3 is 2.37 bits per heavy atom. The van der Waals surface area contributed by atoms with Crippen molar-refractivity contribution in [3.8, 4) is 11.5 Å². The molecule has 2 aromatic carbocycles. The van der Waals surface area contributed by atoms with E-state index < -0.39 is 24.8 Å². The summed E-state index contributed by atoms with van der Waals surface area (Å²) in [5, 5.41) is 0. The summed E-state index contributed by atoms with van der Waals surface area (Å²) in [5.74, 6) is -0.651. The highest BCUT2D eigenvalue weighted by Gasteiger charge is 2.34. The van der Waals surface area contributed by atoms with E-state index in [4.69, 9.17) is 0 Å². The van der Waals surface area contributed by atoms with Crippen molar-refractivity contribution in [1.82, 2.24) is 0 Å². The summed E-state index contributed by atoms with van der Waals surface area (Å²) in [6, 6.07) is 10.5. The number of anilines is 1. The molecule has 0 N–H and O–H groups in total. The number of benzene rings is 2. The Morgan fingerprint density at radius 2 is 1.74 bits per heavy atom. The average Bonchev–Trinajstić information content (AvgIpc) is 2.95. The standard InChI is InChI=1S/C18H14F5NO3/c19-17(20)26-14-3-1-2-11(10-14)15-8-9-16(25)24(15)12-4-6-13(7-5-12)27-18(21,22)23/h1-7,10,15,17H,8-9H2/t15-/m1/s1. The first-order chi connectivity index (χ1) is 12.7. The Bertz CT molecular complexity index is 807. The molecule has 0 saturated carbocycles. The maximum atomic E-state index is 12.4. The van der Waals surface area contributed by atoms with Crippen LogP contribution in [0.2, 0.25) is 0 Å². The fourth-order valence-corrected chi connectivity index (χ4v) is 3.03. The van der Waals surface area contributed by atoms with Crippen molar-refractivity contribution >= 4 is 11.6 Å². The SMILES string of the molecule is O=C1CC[C@H](c2cccc(OC(F)F)c2)N1c1ccc(OC(F)(F)F)cc1. The van der Waals surface area contributed by atoms with Gasteiger partial charge in [-0.3, -0.25) is 4.79 Å². The first-order valence-corrected chi connectivity index (χ1v) is 7.95. The quantitative estimate of drug-likeness (QED) is 0.674.